The molecule has 4 nitrogen and oxygen atoms in total. The van der Waals surface area contributed by atoms with Gasteiger partial charge < -0.3 is 14.4 Å². The lowest BCUT2D eigenvalue weighted by molar-refractivity contribution is -0.0590. The summed E-state index contributed by atoms with van der Waals surface area (Å²) in [5.74, 6) is 0.880. The summed E-state index contributed by atoms with van der Waals surface area (Å²) in [6, 6.07) is 16.3. The van der Waals surface area contributed by atoms with E-state index < -0.39 is 6.86 Å². The highest BCUT2D eigenvalue weighted by atomic mass is 19.1. The number of ether oxygens (including phenoxy) is 2. The Morgan fingerprint density at radius 3 is 2.61 bits per heavy atom. The van der Waals surface area contributed by atoms with Crippen LogP contribution in [-0.2, 0) is 15.9 Å². The number of benzene rings is 1. The molecule has 1 aliphatic heterocycles. The van der Waals surface area contributed by atoms with Gasteiger partial charge in [0.1, 0.15) is 18.0 Å². The van der Waals surface area contributed by atoms with Gasteiger partial charge in [-0.2, -0.15) is 0 Å². The highest BCUT2D eigenvalue weighted by Crippen LogP contribution is 2.23. The topological polar surface area (TPSA) is 34.6 Å². The number of halogens is 1. The second-order valence-electron chi connectivity index (χ2n) is 5.64. The van der Waals surface area contributed by atoms with Crippen LogP contribution >= 0.6 is 0 Å². The molecule has 0 amide bonds. The maximum Gasteiger partial charge on any atom is 0.188 e. The Balaban J connectivity index is 1.72. The summed E-state index contributed by atoms with van der Waals surface area (Å²) >= 11 is 0. The molecule has 2 atom stereocenters. The molecule has 5 heteroatoms. The van der Waals surface area contributed by atoms with Crippen LogP contribution in [0.2, 0.25) is 0 Å². The lowest BCUT2D eigenvalue weighted by Crippen LogP contribution is -2.28. The van der Waals surface area contributed by atoms with Crippen molar-refractivity contribution < 1.29 is 13.9 Å². The molecule has 1 aromatic heterocycles. The van der Waals surface area contributed by atoms with Crippen molar-refractivity contribution in [2.45, 2.75) is 18.6 Å². The van der Waals surface area contributed by atoms with Gasteiger partial charge in [-0.25, -0.2) is 9.37 Å². The fourth-order valence-corrected chi connectivity index (χ4v) is 2.94. The van der Waals surface area contributed by atoms with E-state index in [1.807, 2.05) is 36.4 Å². The molecule has 0 aliphatic carbocycles. The van der Waals surface area contributed by atoms with Gasteiger partial charge in [-0.3, -0.25) is 0 Å². The van der Waals surface area contributed by atoms with Crippen LogP contribution in [0.5, 0.6) is 0 Å². The second-order valence-corrected chi connectivity index (χ2v) is 5.64. The summed E-state index contributed by atoms with van der Waals surface area (Å²) in [5, 5.41) is 0. The van der Waals surface area contributed by atoms with E-state index in [4.69, 9.17) is 14.5 Å². The number of rotatable bonds is 6. The lowest BCUT2D eigenvalue weighted by atomic mass is 10.1. The Morgan fingerprint density at radius 1 is 1.09 bits per heavy atom. The molecule has 0 N–H and O–H groups in total. The highest BCUT2D eigenvalue weighted by molar-refractivity contribution is 5.42. The van der Waals surface area contributed by atoms with E-state index in [1.165, 1.54) is 5.56 Å². The first kappa shape index (κ1) is 15.9. The molecule has 0 radical (unpaired) electrons. The minimum absolute atomic E-state index is 0.134. The van der Waals surface area contributed by atoms with Crippen LogP contribution < -0.4 is 4.90 Å². The van der Waals surface area contributed by atoms with Gasteiger partial charge in [0, 0.05) is 32.3 Å². The van der Waals surface area contributed by atoms with Crippen molar-refractivity contribution in [2.24, 2.45) is 0 Å². The van der Waals surface area contributed by atoms with E-state index in [0.717, 1.165) is 17.9 Å². The number of methoxy groups -OCH3 is 1. The summed E-state index contributed by atoms with van der Waals surface area (Å²) in [5.41, 5.74) is 2.24. The van der Waals surface area contributed by atoms with E-state index in [1.54, 1.807) is 7.11 Å². The van der Waals surface area contributed by atoms with Crippen molar-refractivity contribution in [3.05, 3.63) is 59.8 Å². The average molecular weight is 316 g/mol. The quantitative estimate of drug-likeness (QED) is 0.821. The van der Waals surface area contributed by atoms with E-state index in [-0.39, 0.29) is 12.2 Å². The molecule has 122 valence electrons. The first-order valence-corrected chi connectivity index (χ1v) is 7.75. The molecule has 1 aromatic carbocycles. The normalized spacial score (nSPS) is 20.9. The average Bonchev–Trinajstić information content (AvgIpc) is 3.00. The molecule has 3 rings (SSSR count). The van der Waals surface area contributed by atoms with Crippen molar-refractivity contribution in [3.8, 4) is 0 Å². The van der Waals surface area contributed by atoms with Gasteiger partial charge in [-0.05, 0) is 17.7 Å². The number of aromatic nitrogens is 1. The smallest absolute Gasteiger partial charge is 0.188 e. The third kappa shape index (κ3) is 3.86. The summed E-state index contributed by atoms with van der Waals surface area (Å²) in [4.78, 5) is 6.82. The molecule has 0 saturated carbocycles. The van der Waals surface area contributed by atoms with E-state index in [0.29, 0.717) is 13.1 Å². The van der Waals surface area contributed by atoms with Crippen molar-refractivity contribution in [2.75, 3.05) is 32.0 Å². The molecule has 2 heterocycles. The first-order chi connectivity index (χ1) is 11.3. The van der Waals surface area contributed by atoms with Gasteiger partial charge in [-0.15, -0.1) is 0 Å². The van der Waals surface area contributed by atoms with Gasteiger partial charge in [-0.1, -0.05) is 36.4 Å². The number of anilines is 1. The minimum atomic E-state index is -0.792. The zero-order valence-electron chi connectivity index (χ0n) is 13.2. The number of hydrogen-bond acceptors (Lipinski definition) is 4. The maximum absolute atomic E-state index is 12.5. The molecular weight excluding hydrogens is 295 g/mol. The van der Waals surface area contributed by atoms with Gasteiger partial charge in [0.15, 0.2) is 6.86 Å². The van der Waals surface area contributed by atoms with Crippen LogP contribution in [-0.4, -0.2) is 44.3 Å². The largest absolute Gasteiger partial charge is 0.377 e. The third-order valence-electron chi connectivity index (χ3n) is 4.14. The molecule has 0 bridgehead atoms. The summed E-state index contributed by atoms with van der Waals surface area (Å²) in [6.45, 7) is 0.451. The van der Waals surface area contributed by atoms with Crippen LogP contribution in [0.4, 0.5) is 10.2 Å². The Morgan fingerprint density at radius 2 is 1.87 bits per heavy atom. The number of nitrogens with zero attached hydrogens (tertiary/aromatic N) is 2. The van der Waals surface area contributed by atoms with Crippen LogP contribution in [0.15, 0.2) is 48.5 Å². The Labute approximate surface area is 135 Å². The van der Waals surface area contributed by atoms with E-state index in [2.05, 4.69) is 17.0 Å². The third-order valence-corrected chi connectivity index (χ3v) is 4.14. The summed E-state index contributed by atoms with van der Waals surface area (Å²) in [7, 11) is 1.63. The standard InChI is InChI=1S/C18H21FN2O2/c1-22-16-11-21(12-17(16)23-13-19)18-9-5-8-15(20-18)10-14-6-3-2-4-7-14/h2-9,16-17H,10-13H2,1H3. The Hall–Kier alpha value is -1.98. The molecule has 2 unspecified atom stereocenters. The Bertz CT molecular complexity index is 623. The SMILES string of the molecule is COC1CN(c2cccc(Cc3ccccc3)n2)CC1OCF. The van der Waals surface area contributed by atoms with Crippen LogP contribution in [0.25, 0.3) is 0 Å². The van der Waals surface area contributed by atoms with Crippen LogP contribution in [0, 0.1) is 0 Å². The van der Waals surface area contributed by atoms with Crippen molar-refractivity contribution in [3.63, 3.8) is 0 Å². The maximum atomic E-state index is 12.5. The van der Waals surface area contributed by atoms with Gasteiger partial charge in [0.2, 0.25) is 0 Å². The van der Waals surface area contributed by atoms with Crippen LogP contribution in [0.1, 0.15) is 11.3 Å². The first-order valence-electron chi connectivity index (χ1n) is 7.75. The molecule has 1 aliphatic rings. The minimum Gasteiger partial charge on any atom is -0.377 e. The molecular formula is C18H21FN2O2. The van der Waals surface area contributed by atoms with Crippen molar-refractivity contribution in [1.82, 2.24) is 4.98 Å². The van der Waals surface area contributed by atoms with Crippen molar-refractivity contribution >= 4 is 5.82 Å². The molecule has 0 spiro atoms. The zero-order valence-corrected chi connectivity index (χ0v) is 13.2. The predicted molar refractivity (Wildman–Crippen MR) is 87.3 cm³/mol. The fourth-order valence-electron chi connectivity index (χ4n) is 2.94. The molecule has 2 aromatic rings. The number of pyridine rings is 1. The Kier molecular flexibility index (Phi) is 5.20. The number of hydrogen-bond donors (Lipinski definition) is 0. The summed E-state index contributed by atoms with van der Waals surface area (Å²) in [6.07, 6.45) is 0.399. The van der Waals surface area contributed by atoms with E-state index >= 15 is 0 Å². The van der Waals surface area contributed by atoms with E-state index in [9.17, 15) is 4.39 Å². The van der Waals surface area contributed by atoms with Gasteiger partial charge >= 0.3 is 0 Å². The van der Waals surface area contributed by atoms with Gasteiger partial charge in [0.25, 0.3) is 0 Å². The highest BCUT2D eigenvalue weighted by Gasteiger charge is 2.34. The van der Waals surface area contributed by atoms with Crippen LogP contribution in [0.3, 0.4) is 0 Å². The second kappa shape index (κ2) is 7.53. The molecule has 1 fully saturated rings. The number of alkyl halides is 1. The van der Waals surface area contributed by atoms with Crippen molar-refractivity contribution in [1.29, 1.82) is 0 Å². The molecule has 23 heavy (non-hydrogen) atoms. The fraction of sp³-hybridized carbons (Fsp3) is 0.389. The summed E-state index contributed by atoms with van der Waals surface area (Å²) < 4.78 is 23.0. The van der Waals surface area contributed by atoms with Gasteiger partial charge in [0.05, 0.1) is 0 Å². The lowest BCUT2D eigenvalue weighted by Gasteiger charge is -2.17. The monoisotopic (exact) mass is 316 g/mol. The predicted octanol–water partition coefficient (Wildman–Crippen LogP) is 2.82. The zero-order chi connectivity index (χ0) is 16.1. The molecule has 1 saturated heterocycles.